The summed E-state index contributed by atoms with van der Waals surface area (Å²) in [6.45, 7) is 1.84. The Morgan fingerprint density at radius 3 is 2.62 bits per heavy atom. The van der Waals surface area contributed by atoms with Crippen LogP contribution in [0.5, 0.6) is 0 Å². The van der Waals surface area contributed by atoms with Crippen LogP contribution in [0.25, 0.3) is 11.4 Å². The summed E-state index contributed by atoms with van der Waals surface area (Å²) >= 11 is 0. The van der Waals surface area contributed by atoms with E-state index < -0.39 is 6.10 Å². The minimum atomic E-state index is -0.666. The SMILES string of the molecule is CO[C@@H](C(=O)Nc1cccc(-c2n[nH]c(C)n2)c1)c1ccccc1. The second kappa shape index (κ2) is 7.06. The molecular weight excluding hydrogens is 304 g/mol. The monoisotopic (exact) mass is 322 g/mol. The molecular formula is C18H18N4O2. The molecule has 122 valence electrons. The fraction of sp³-hybridized carbons (Fsp3) is 0.167. The molecule has 0 unspecified atom stereocenters. The van der Waals surface area contributed by atoms with Crippen molar-refractivity contribution >= 4 is 11.6 Å². The Bertz CT molecular complexity index is 830. The fourth-order valence-corrected chi connectivity index (χ4v) is 2.44. The number of anilines is 1. The van der Waals surface area contributed by atoms with Crippen LogP contribution >= 0.6 is 0 Å². The maximum absolute atomic E-state index is 12.5. The molecule has 0 bridgehead atoms. The molecule has 0 radical (unpaired) electrons. The van der Waals surface area contributed by atoms with Crippen molar-refractivity contribution in [1.29, 1.82) is 0 Å². The Labute approximate surface area is 139 Å². The first-order chi connectivity index (χ1) is 11.7. The van der Waals surface area contributed by atoms with Crippen LogP contribution < -0.4 is 5.32 Å². The van der Waals surface area contributed by atoms with E-state index in [1.54, 1.807) is 0 Å². The number of ether oxygens (including phenoxy) is 1. The minimum absolute atomic E-state index is 0.230. The molecule has 1 aromatic heterocycles. The van der Waals surface area contributed by atoms with Gasteiger partial charge in [0.15, 0.2) is 11.9 Å². The number of nitrogens with zero attached hydrogens (tertiary/aromatic N) is 2. The summed E-state index contributed by atoms with van der Waals surface area (Å²) < 4.78 is 5.35. The highest BCUT2D eigenvalue weighted by molar-refractivity contribution is 5.95. The first-order valence-electron chi connectivity index (χ1n) is 7.55. The number of benzene rings is 2. The number of hydrogen-bond acceptors (Lipinski definition) is 4. The number of carbonyl (C=O) groups is 1. The number of hydrogen-bond donors (Lipinski definition) is 2. The highest BCUT2D eigenvalue weighted by Crippen LogP contribution is 2.22. The molecule has 1 amide bonds. The summed E-state index contributed by atoms with van der Waals surface area (Å²) in [6, 6.07) is 16.8. The Hall–Kier alpha value is -2.99. The first-order valence-corrected chi connectivity index (χ1v) is 7.55. The smallest absolute Gasteiger partial charge is 0.258 e. The van der Waals surface area contributed by atoms with Crippen LogP contribution in [0.2, 0.25) is 0 Å². The molecule has 0 aliphatic rings. The lowest BCUT2D eigenvalue weighted by atomic mass is 10.1. The van der Waals surface area contributed by atoms with Crippen LogP contribution in [0.3, 0.4) is 0 Å². The number of amides is 1. The number of rotatable bonds is 5. The third-order valence-electron chi connectivity index (χ3n) is 3.56. The predicted molar refractivity (Wildman–Crippen MR) is 91.4 cm³/mol. The lowest BCUT2D eigenvalue weighted by Gasteiger charge is -2.15. The van der Waals surface area contributed by atoms with Gasteiger partial charge in [0.05, 0.1) is 0 Å². The highest BCUT2D eigenvalue weighted by atomic mass is 16.5. The molecule has 6 nitrogen and oxygen atoms in total. The first kappa shape index (κ1) is 15.9. The number of aromatic amines is 1. The molecule has 1 atom stereocenters. The normalized spacial score (nSPS) is 11.9. The second-order valence-corrected chi connectivity index (χ2v) is 5.34. The Morgan fingerprint density at radius 2 is 1.96 bits per heavy atom. The van der Waals surface area contributed by atoms with E-state index >= 15 is 0 Å². The van der Waals surface area contributed by atoms with Gasteiger partial charge in [-0.1, -0.05) is 42.5 Å². The van der Waals surface area contributed by atoms with Crippen LogP contribution in [-0.2, 0) is 9.53 Å². The van der Waals surface area contributed by atoms with Crippen molar-refractivity contribution in [3.8, 4) is 11.4 Å². The third kappa shape index (κ3) is 3.49. The van der Waals surface area contributed by atoms with Gasteiger partial charge in [-0.15, -0.1) is 0 Å². The molecule has 0 spiro atoms. The zero-order valence-electron chi connectivity index (χ0n) is 13.5. The van der Waals surface area contributed by atoms with Crippen LogP contribution in [0.1, 0.15) is 17.5 Å². The Balaban J connectivity index is 1.79. The number of carbonyl (C=O) groups excluding carboxylic acids is 1. The highest BCUT2D eigenvalue weighted by Gasteiger charge is 2.20. The third-order valence-corrected chi connectivity index (χ3v) is 3.56. The minimum Gasteiger partial charge on any atom is -0.367 e. The van der Waals surface area contributed by atoms with Gasteiger partial charge in [-0.25, -0.2) is 4.98 Å². The zero-order chi connectivity index (χ0) is 16.9. The van der Waals surface area contributed by atoms with Crippen molar-refractivity contribution in [3.63, 3.8) is 0 Å². The molecule has 24 heavy (non-hydrogen) atoms. The van der Waals surface area contributed by atoms with Gasteiger partial charge in [-0.05, 0) is 24.6 Å². The standard InChI is InChI=1S/C18H18N4O2/c1-12-19-17(22-21-12)14-9-6-10-15(11-14)20-18(23)16(24-2)13-7-4-3-5-8-13/h3-11,16H,1-2H3,(H,20,23)(H,19,21,22)/t16-/m1/s1. The number of methoxy groups -OCH3 is 1. The number of H-pyrrole nitrogens is 1. The maximum atomic E-state index is 12.5. The fourth-order valence-electron chi connectivity index (χ4n) is 2.44. The second-order valence-electron chi connectivity index (χ2n) is 5.34. The van der Waals surface area contributed by atoms with Crippen molar-refractivity contribution in [3.05, 3.63) is 66.0 Å². The van der Waals surface area contributed by atoms with Crippen molar-refractivity contribution in [1.82, 2.24) is 15.2 Å². The molecule has 2 aromatic carbocycles. The van der Waals surface area contributed by atoms with Crippen molar-refractivity contribution in [2.75, 3.05) is 12.4 Å². The average Bonchev–Trinajstić information content (AvgIpc) is 3.03. The van der Waals surface area contributed by atoms with E-state index in [0.29, 0.717) is 11.5 Å². The predicted octanol–water partition coefficient (Wildman–Crippen LogP) is 3.11. The molecule has 3 aromatic rings. The molecule has 0 fully saturated rings. The molecule has 0 saturated heterocycles. The van der Waals surface area contributed by atoms with E-state index in [-0.39, 0.29) is 5.91 Å². The van der Waals surface area contributed by atoms with E-state index in [0.717, 1.165) is 17.0 Å². The van der Waals surface area contributed by atoms with Gasteiger partial charge >= 0.3 is 0 Å². The van der Waals surface area contributed by atoms with E-state index in [4.69, 9.17) is 4.74 Å². The molecule has 6 heteroatoms. The van der Waals surface area contributed by atoms with Gasteiger partial charge in [0.2, 0.25) is 0 Å². The molecule has 3 rings (SSSR count). The van der Waals surface area contributed by atoms with E-state index in [1.807, 2.05) is 61.5 Å². The van der Waals surface area contributed by atoms with Crippen LogP contribution in [0.15, 0.2) is 54.6 Å². The maximum Gasteiger partial charge on any atom is 0.258 e. The molecule has 0 saturated carbocycles. The van der Waals surface area contributed by atoms with E-state index in [1.165, 1.54) is 7.11 Å². The Morgan fingerprint density at radius 1 is 1.17 bits per heavy atom. The van der Waals surface area contributed by atoms with Crippen LogP contribution in [0.4, 0.5) is 5.69 Å². The van der Waals surface area contributed by atoms with Gasteiger partial charge in [-0.2, -0.15) is 5.10 Å². The molecule has 0 aliphatic heterocycles. The summed E-state index contributed by atoms with van der Waals surface area (Å²) in [7, 11) is 1.52. The summed E-state index contributed by atoms with van der Waals surface area (Å²) in [4.78, 5) is 16.8. The summed E-state index contributed by atoms with van der Waals surface area (Å²) in [5.74, 6) is 1.10. The van der Waals surface area contributed by atoms with Gasteiger partial charge in [-0.3, -0.25) is 9.89 Å². The lowest BCUT2D eigenvalue weighted by molar-refractivity contribution is -0.126. The van der Waals surface area contributed by atoms with E-state index in [2.05, 4.69) is 20.5 Å². The number of nitrogens with one attached hydrogen (secondary N) is 2. The van der Waals surface area contributed by atoms with Crippen LogP contribution in [-0.4, -0.2) is 28.2 Å². The van der Waals surface area contributed by atoms with Gasteiger partial charge < -0.3 is 10.1 Å². The van der Waals surface area contributed by atoms with Crippen molar-refractivity contribution in [2.24, 2.45) is 0 Å². The topological polar surface area (TPSA) is 79.9 Å². The largest absolute Gasteiger partial charge is 0.367 e. The van der Waals surface area contributed by atoms with Gasteiger partial charge in [0.1, 0.15) is 5.82 Å². The Kier molecular flexibility index (Phi) is 4.67. The quantitative estimate of drug-likeness (QED) is 0.756. The summed E-state index contributed by atoms with van der Waals surface area (Å²) in [5, 5.41) is 9.82. The molecule has 0 aliphatic carbocycles. The number of aromatic nitrogens is 3. The van der Waals surface area contributed by atoms with Gasteiger partial charge in [0, 0.05) is 18.4 Å². The van der Waals surface area contributed by atoms with Gasteiger partial charge in [0.25, 0.3) is 5.91 Å². The van der Waals surface area contributed by atoms with E-state index in [9.17, 15) is 4.79 Å². The van der Waals surface area contributed by atoms with Crippen molar-refractivity contribution in [2.45, 2.75) is 13.0 Å². The number of aryl methyl sites for hydroxylation is 1. The average molecular weight is 322 g/mol. The molecule has 1 heterocycles. The van der Waals surface area contributed by atoms with Crippen LogP contribution in [0, 0.1) is 6.92 Å². The molecule has 2 N–H and O–H groups in total. The zero-order valence-corrected chi connectivity index (χ0v) is 13.5. The van der Waals surface area contributed by atoms with Crippen molar-refractivity contribution < 1.29 is 9.53 Å². The summed E-state index contributed by atoms with van der Waals surface area (Å²) in [5.41, 5.74) is 2.29. The lowest BCUT2D eigenvalue weighted by Crippen LogP contribution is -2.22. The summed E-state index contributed by atoms with van der Waals surface area (Å²) in [6.07, 6.45) is -0.666.